The number of benzene rings is 1. The molecule has 3 aromatic rings. The van der Waals surface area contributed by atoms with E-state index < -0.39 is 0 Å². The van der Waals surface area contributed by atoms with Crippen LogP contribution in [0.2, 0.25) is 0 Å². The predicted molar refractivity (Wildman–Crippen MR) is 100 cm³/mol. The quantitative estimate of drug-likeness (QED) is 0.633. The number of ether oxygens (including phenoxy) is 1. The zero-order chi connectivity index (χ0) is 18.5. The van der Waals surface area contributed by atoms with Crippen LogP contribution in [-0.2, 0) is 17.8 Å². The van der Waals surface area contributed by atoms with Gasteiger partial charge in [-0.3, -0.25) is 4.79 Å². The topological polar surface area (TPSA) is 68.5 Å². The Hall–Kier alpha value is -2.67. The van der Waals surface area contributed by atoms with E-state index in [1.807, 2.05) is 42.6 Å². The molecule has 1 aromatic carbocycles. The maximum absolute atomic E-state index is 12.4. The van der Waals surface area contributed by atoms with Crippen molar-refractivity contribution < 1.29 is 14.1 Å². The average molecular weight is 371 g/mol. The molecule has 0 N–H and O–H groups in total. The minimum Gasteiger partial charge on any atom is -0.496 e. The number of aromatic nitrogens is 2. The first-order valence-electron chi connectivity index (χ1n) is 8.30. The summed E-state index contributed by atoms with van der Waals surface area (Å²) in [6.45, 7) is 2.51. The van der Waals surface area contributed by atoms with Crippen molar-refractivity contribution in [3.05, 3.63) is 52.7 Å². The third-order valence-electron chi connectivity index (χ3n) is 4.03. The summed E-state index contributed by atoms with van der Waals surface area (Å²) in [6, 6.07) is 9.83. The molecule has 2 heterocycles. The lowest BCUT2D eigenvalue weighted by Gasteiger charge is -2.19. The summed E-state index contributed by atoms with van der Waals surface area (Å²) < 4.78 is 10.6. The molecule has 2 aromatic heterocycles. The minimum atomic E-state index is 0.0180. The highest BCUT2D eigenvalue weighted by molar-refractivity contribution is 7.13. The van der Waals surface area contributed by atoms with Crippen LogP contribution in [0.25, 0.3) is 10.7 Å². The van der Waals surface area contributed by atoms with Gasteiger partial charge in [-0.25, -0.2) is 0 Å². The van der Waals surface area contributed by atoms with E-state index in [0.717, 1.165) is 21.8 Å². The van der Waals surface area contributed by atoms with E-state index in [2.05, 4.69) is 10.1 Å². The van der Waals surface area contributed by atoms with Gasteiger partial charge in [0, 0.05) is 32.0 Å². The number of thiophene rings is 1. The molecular weight excluding hydrogens is 350 g/mol. The van der Waals surface area contributed by atoms with Crippen molar-refractivity contribution in [1.29, 1.82) is 0 Å². The van der Waals surface area contributed by atoms with Crippen molar-refractivity contribution in [1.82, 2.24) is 15.0 Å². The van der Waals surface area contributed by atoms with E-state index in [1.54, 1.807) is 30.4 Å². The molecule has 0 saturated heterocycles. The van der Waals surface area contributed by atoms with Crippen LogP contribution in [0.15, 0.2) is 40.2 Å². The van der Waals surface area contributed by atoms with Gasteiger partial charge in [0.05, 0.1) is 12.0 Å². The Kier molecular flexibility index (Phi) is 5.68. The zero-order valence-corrected chi connectivity index (χ0v) is 15.9. The molecule has 136 valence electrons. The Morgan fingerprint density at radius 2 is 2.19 bits per heavy atom. The number of aryl methyl sites for hydroxylation is 2. The Bertz CT molecular complexity index is 874. The molecule has 7 heteroatoms. The number of amides is 1. The summed E-state index contributed by atoms with van der Waals surface area (Å²) in [4.78, 5) is 19.4. The van der Waals surface area contributed by atoms with Crippen LogP contribution in [0.1, 0.15) is 23.4 Å². The molecule has 0 aliphatic heterocycles. The first kappa shape index (κ1) is 18.1. The van der Waals surface area contributed by atoms with E-state index in [9.17, 15) is 4.79 Å². The third-order valence-corrected chi connectivity index (χ3v) is 4.90. The lowest BCUT2D eigenvalue weighted by Crippen LogP contribution is -2.26. The molecule has 0 fully saturated rings. The number of nitrogens with zero attached hydrogens (tertiary/aromatic N) is 3. The highest BCUT2D eigenvalue weighted by Gasteiger charge is 2.15. The fourth-order valence-corrected chi connectivity index (χ4v) is 3.29. The van der Waals surface area contributed by atoms with Crippen molar-refractivity contribution in [3.63, 3.8) is 0 Å². The van der Waals surface area contributed by atoms with Gasteiger partial charge >= 0.3 is 0 Å². The maximum Gasteiger partial charge on any atom is 0.227 e. The number of hydrogen-bond acceptors (Lipinski definition) is 6. The lowest BCUT2D eigenvalue weighted by molar-refractivity contribution is -0.130. The van der Waals surface area contributed by atoms with Crippen molar-refractivity contribution in [2.75, 3.05) is 14.2 Å². The second-order valence-electron chi connectivity index (χ2n) is 6.05. The zero-order valence-electron chi connectivity index (χ0n) is 15.1. The van der Waals surface area contributed by atoms with E-state index in [1.165, 1.54) is 0 Å². The van der Waals surface area contributed by atoms with Gasteiger partial charge in [0.2, 0.25) is 17.6 Å². The lowest BCUT2D eigenvalue weighted by atomic mass is 10.1. The summed E-state index contributed by atoms with van der Waals surface area (Å²) in [5, 5.41) is 5.93. The average Bonchev–Trinajstić information content (AvgIpc) is 3.31. The largest absolute Gasteiger partial charge is 0.496 e. The molecule has 26 heavy (non-hydrogen) atoms. The molecular formula is C19H21N3O3S. The van der Waals surface area contributed by atoms with E-state index in [4.69, 9.17) is 9.26 Å². The molecule has 0 spiro atoms. The predicted octanol–water partition coefficient (Wildman–Crippen LogP) is 3.71. The van der Waals surface area contributed by atoms with Crippen LogP contribution in [0.5, 0.6) is 5.75 Å². The molecule has 1 amide bonds. The number of carbonyl (C=O) groups is 1. The Morgan fingerprint density at radius 1 is 1.35 bits per heavy atom. The molecule has 0 radical (unpaired) electrons. The van der Waals surface area contributed by atoms with Gasteiger partial charge in [-0.1, -0.05) is 28.9 Å². The SMILES string of the molecule is COc1ccc(C)cc1CN(C)C(=O)CCc1nc(-c2cccs2)no1. The standard InChI is InChI=1S/C19H21N3O3S/c1-13-6-7-15(24-3)14(11-13)12-22(2)18(23)9-8-17-20-19(21-25-17)16-5-4-10-26-16/h4-7,10-11H,8-9,12H2,1-3H3. The number of rotatable bonds is 7. The second-order valence-corrected chi connectivity index (χ2v) is 7.00. The summed E-state index contributed by atoms with van der Waals surface area (Å²) in [5.74, 6) is 1.85. The maximum atomic E-state index is 12.4. The van der Waals surface area contributed by atoms with Crippen LogP contribution in [0.3, 0.4) is 0 Å². The molecule has 0 aliphatic carbocycles. The van der Waals surface area contributed by atoms with Gasteiger partial charge < -0.3 is 14.2 Å². The molecule has 0 saturated carbocycles. The first-order valence-corrected chi connectivity index (χ1v) is 9.18. The monoisotopic (exact) mass is 371 g/mol. The van der Waals surface area contributed by atoms with Crippen molar-refractivity contribution in [2.45, 2.75) is 26.3 Å². The number of carbonyl (C=O) groups excluding carboxylic acids is 1. The van der Waals surface area contributed by atoms with Crippen LogP contribution < -0.4 is 4.74 Å². The van der Waals surface area contributed by atoms with Crippen molar-refractivity contribution >= 4 is 17.2 Å². The second kappa shape index (κ2) is 8.14. The molecule has 3 rings (SSSR count). The van der Waals surface area contributed by atoms with Crippen LogP contribution in [0, 0.1) is 6.92 Å². The van der Waals surface area contributed by atoms with Gasteiger partial charge in [-0.2, -0.15) is 4.98 Å². The molecule has 0 aliphatic rings. The van der Waals surface area contributed by atoms with Gasteiger partial charge in [-0.15, -0.1) is 11.3 Å². The molecule has 0 bridgehead atoms. The smallest absolute Gasteiger partial charge is 0.227 e. The molecule has 6 nitrogen and oxygen atoms in total. The first-order chi connectivity index (χ1) is 12.6. The van der Waals surface area contributed by atoms with Crippen LogP contribution in [-0.4, -0.2) is 35.1 Å². The Morgan fingerprint density at radius 3 is 2.92 bits per heavy atom. The third kappa shape index (κ3) is 4.29. The molecule has 0 unspecified atom stereocenters. The van der Waals surface area contributed by atoms with Crippen molar-refractivity contribution in [2.24, 2.45) is 0 Å². The number of methoxy groups -OCH3 is 1. The summed E-state index contributed by atoms with van der Waals surface area (Å²) in [7, 11) is 3.42. The van der Waals surface area contributed by atoms with Gasteiger partial charge in [0.15, 0.2) is 0 Å². The summed E-state index contributed by atoms with van der Waals surface area (Å²) >= 11 is 1.55. The minimum absolute atomic E-state index is 0.0180. The van der Waals surface area contributed by atoms with Crippen molar-refractivity contribution in [3.8, 4) is 16.5 Å². The normalized spacial score (nSPS) is 10.7. The number of hydrogen-bond donors (Lipinski definition) is 0. The van der Waals surface area contributed by atoms with Gasteiger partial charge in [0.1, 0.15) is 5.75 Å². The van der Waals surface area contributed by atoms with Crippen LogP contribution in [0.4, 0.5) is 0 Å². The fraction of sp³-hybridized carbons (Fsp3) is 0.316. The molecule has 0 atom stereocenters. The van der Waals surface area contributed by atoms with E-state index >= 15 is 0 Å². The van der Waals surface area contributed by atoms with Gasteiger partial charge in [-0.05, 0) is 24.4 Å². The van der Waals surface area contributed by atoms with E-state index in [0.29, 0.717) is 31.1 Å². The fourth-order valence-electron chi connectivity index (χ4n) is 2.64. The Labute approximate surface area is 156 Å². The Balaban J connectivity index is 1.57. The highest BCUT2D eigenvalue weighted by Crippen LogP contribution is 2.23. The van der Waals surface area contributed by atoms with Gasteiger partial charge in [0.25, 0.3) is 0 Å². The highest BCUT2D eigenvalue weighted by atomic mass is 32.1. The summed E-state index contributed by atoms with van der Waals surface area (Å²) in [6.07, 6.45) is 0.739. The summed E-state index contributed by atoms with van der Waals surface area (Å²) in [5.41, 5.74) is 2.12. The van der Waals surface area contributed by atoms with E-state index in [-0.39, 0.29) is 5.91 Å². The van der Waals surface area contributed by atoms with Crippen LogP contribution >= 0.6 is 11.3 Å².